The topological polar surface area (TPSA) is 84.5 Å². The van der Waals surface area contributed by atoms with E-state index < -0.39 is 10.0 Å². The maximum atomic E-state index is 12.3. The van der Waals surface area contributed by atoms with Gasteiger partial charge in [-0.05, 0) is 65.4 Å². The molecule has 2 aromatic rings. The molecule has 0 bridgehead atoms. The summed E-state index contributed by atoms with van der Waals surface area (Å²) in [6, 6.07) is 13.3. The molecule has 2 aromatic carbocycles. The maximum Gasteiger partial charge on any atom is 0.256 e. The van der Waals surface area contributed by atoms with E-state index in [-0.39, 0.29) is 10.8 Å². The molecule has 0 unspecified atom stereocenters. The second-order valence-electron chi connectivity index (χ2n) is 5.20. The van der Waals surface area contributed by atoms with Gasteiger partial charge >= 0.3 is 0 Å². The normalized spacial score (nSPS) is 11.3. The molecule has 134 valence electrons. The van der Waals surface area contributed by atoms with E-state index in [1.165, 1.54) is 12.1 Å². The highest BCUT2D eigenvalue weighted by molar-refractivity contribution is 14.1. The molecule has 8 heteroatoms. The first kappa shape index (κ1) is 19.8. The van der Waals surface area contributed by atoms with Crippen molar-refractivity contribution >= 4 is 44.2 Å². The molecule has 25 heavy (non-hydrogen) atoms. The largest absolute Gasteiger partial charge is 0.385 e. The molecule has 6 nitrogen and oxygen atoms in total. The van der Waals surface area contributed by atoms with Crippen molar-refractivity contribution in [1.82, 2.24) is 4.72 Å². The Morgan fingerprint density at radius 3 is 2.44 bits per heavy atom. The number of anilines is 1. The molecule has 0 saturated carbocycles. The molecule has 0 aliphatic rings. The van der Waals surface area contributed by atoms with Crippen molar-refractivity contribution in [3.05, 3.63) is 57.7 Å². The second kappa shape index (κ2) is 9.27. The van der Waals surface area contributed by atoms with Crippen LogP contribution in [0.2, 0.25) is 0 Å². The van der Waals surface area contributed by atoms with E-state index in [2.05, 4.69) is 32.6 Å². The Balaban J connectivity index is 2.02. The van der Waals surface area contributed by atoms with Crippen LogP contribution in [0, 0.1) is 3.57 Å². The van der Waals surface area contributed by atoms with Gasteiger partial charge in [0, 0.05) is 29.5 Å². The molecule has 0 radical (unpaired) electrons. The molecule has 2 rings (SSSR count). The Kier molecular flexibility index (Phi) is 7.36. The number of ether oxygens (including phenoxy) is 1. The number of carbonyl (C=O) groups excluding carboxylic acids is 1. The van der Waals surface area contributed by atoms with E-state index in [1.807, 2.05) is 12.1 Å². The van der Waals surface area contributed by atoms with E-state index in [1.54, 1.807) is 31.4 Å². The predicted octanol–water partition coefficient (Wildman–Crippen LogP) is 2.86. The molecule has 0 aliphatic heterocycles. The van der Waals surface area contributed by atoms with Crippen LogP contribution in [-0.2, 0) is 14.8 Å². The summed E-state index contributed by atoms with van der Waals surface area (Å²) >= 11 is 2.10. The third kappa shape index (κ3) is 5.77. The SMILES string of the molecule is COCCCNS(=O)(=O)c1ccc(NC(=O)c2ccccc2I)cc1. The van der Waals surface area contributed by atoms with Crippen molar-refractivity contribution < 1.29 is 17.9 Å². The third-order valence-electron chi connectivity index (χ3n) is 3.36. The summed E-state index contributed by atoms with van der Waals surface area (Å²) in [5.74, 6) is -0.238. The highest BCUT2D eigenvalue weighted by Gasteiger charge is 2.14. The van der Waals surface area contributed by atoms with Crippen molar-refractivity contribution in [3.63, 3.8) is 0 Å². The van der Waals surface area contributed by atoms with Crippen LogP contribution < -0.4 is 10.0 Å². The average molecular weight is 474 g/mol. The van der Waals surface area contributed by atoms with Gasteiger partial charge in [0.05, 0.1) is 10.5 Å². The van der Waals surface area contributed by atoms with Crippen molar-refractivity contribution in [2.45, 2.75) is 11.3 Å². The first-order chi connectivity index (χ1) is 11.9. The monoisotopic (exact) mass is 474 g/mol. The Hall–Kier alpha value is -1.49. The predicted molar refractivity (Wildman–Crippen MR) is 105 cm³/mol. The van der Waals surface area contributed by atoms with E-state index in [9.17, 15) is 13.2 Å². The highest BCUT2D eigenvalue weighted by atomic mass is 127. The minimum atomic E-state index is -3.56. The molecule has 0 atom stereocenters. The summed E-state index contributed by atoms with van der Waals surface area (Å²) in [4.78, 5) is 12.4. The van der Waals surface area contributed by atoms with Crippen LogP contribution in [0.4, 0.5) is 5.69 Å². The number of amides is 1. The van der Waals surface area contributed by atoms with Gasteiger partial charge in [-0.25, -0.2) is 13.1 Å². The van der Waals surface area contributed by atoms with Gasteiger partial charge < -0.3 is 10.1 Å². The van der Waals surface area contributed by atoms with Crippen LogP contribution in [0.25, 0.3) is 0 Å². The maximum absolute atomic E-state index is 12.3. The van der Waals surface area contributed by atoms with Crippen LogP contribution >= 0.6 is 22.6 Å². The Bertz CT molecular complexity index is 823. The van der Waals surface area contributed by atoms with Gasteiger partial charge in [0.1, 0.15) is 0 Å². The van der Waals surface area contributed by atoms with Crippen molar-refractivity contribution in [3.8, 4) is 0 Å². The summed E-state index contributed by atoms with van der Waals surface area (Å²) in [6.07, 6.45) is 0.597. The zero-order chi connectivity index (χ0) is 18.3. The molecular weight excluding hydrogens is 455 g/mol. The number of rotatable bonds is 8. The smallest absolute Gasteiger partial charge is 0.256 e. The number of sulfonamides is 1. The van der Waals surface area contributed by atoms with Crippen LogP contribution in [0.3, 0.4) is 0 Å². The molecule has 0 spiro atoms. The van der Waals surface area contributed by atoms with E-state index in [0.717, 1.165) is 3.57 Å². The lowest BCUT2D eigenvalue weighted by atomic mass is 10.2. The number of hydrogen-bond donors (Lipinski definition) is 2. The Morgan fingerprint density at radius 2 is 1.80 bits per heavy atom. The van der Waals surface area contributed by atoms with Gasteiger partial charge in [-0.15, -0.1) is 0 Å². The van der Waals surface area contributed by atoms with Crippen LogP contribution in [0.5, 0.6) is 0 Å². The minimum Gasteiger partial charge on any atom is -0.385 e. The van der Waals surface area contributed by atoms with Crippen LogP contribution in [0.1, 0.15) is 16.8 Å². The fraction of sp³-hybridized carbons (Fsp3) is 0.235. The lowest BCUT2D eigenvalue weighted by Crippen LogP contribution is -2.25. The number of benzene rings is 2. The van der Waals surface area contributed by atoms with Crippen molar-refractivity contribution in [1.29, 1.82) is 0 Å². The summed E-state index contributed by atoms with van der Waals surface area (Å²) in [5, 5.41) is 2.76. The first-order valence-corrected chi connectivity index (χ1v) is 10.1. The van der Waals surface area contributed by atoms with Gasteiger partial charge in [-0.1, -0.05) is 12.1 Å². The Morgan fingerprint density at radius 1 is 1.12 bits per heavy atom. The van der Waals surface area contributed by atoms with Crippen LogP contribution in [0.15, 0.2) is 53.4 Å². The lowest BCUT2D eigenvalue weighted by molar-refractivity contribution is 0.102. The molecule has 0 fully saturated rings. The molecule has 1 amide bonds. The Labute approximate surface area is 161 Å². The summed E-state index contributed by atoms with van der Waals surface area (Å²) < 4.78 is 32.5. The molecule has 2 N–H and O–H groups in total. The van der Waals surface area contributed by atoms with E-state index in [4.69, 9.17) is 4.74 Å². The fourth-order valence-electron chi connectivity index (χ4n) is 2.07. The fourth-order valence-corrected chi connectivity index (χ4v) is 3.77. The number of methoxy groups -OCH3 is 1. The zero-order valence-corrected chi connectivity index (χ0v) is 16.6. The third-order valence-corrected chi connectivity index (χ3v) is 5.78. The van der Waals surface area contributed by atoms with Gasteiger partial charge in [0.25, 0.3) is 5.91 Å². The van der Waals surface area contributed by atoms with Crippen molar-refractivity contribution in [2.24, 2.45) is 0 Å². The molecule has 0 saturated heterocycles. The summed E-state index contributed by atoms with van der Waals surface area (Å²) in [6.45, 7) is 0.798. The number of hydrogen-bond acceptors (Lipinski definition) is 4. The van der Waals surface area contributed by atoms with Crippen LogP contribution in [-0.4, -0.2) is 34.6 Å². The molecule has 0 aliphatic carbocycles. The molecule has 0 aromatic heterocycles. The summed E-state index contributed by atoms with van der Waals surface area (Å²) in [5.41, 5.74) is 1.10. The average Bonchev–Trinajstić information content (AvgIpc) is 2.59. The number of nitrogens with one attached hydrogen (secondary N) is 2. The van der Waals surface area contributed by atoms with Gasteiger partial charge in [0.2, 0.25) is 10.0 Å². The highest BCUT2D eigenvalue weighted by Crippen LogP contribution is 2.17. The summed E-state index contributed by atoms with van der Waals surface area (Å²) in [7, 11) is -2.00. The molecule has 0 heterocycles. The van der Waals surface area contributed by atoms with Gasteiger partial charge in [0.15, 0.2) is 0 Å². The quantitative estimate of drug-likeness (QED) is 0.456. The lowest BCUT2D eigenvalue weighted by Gasteiger charge is -2.09. The van der Waals surface area contributed by atoms with Gasteiger partial charge in [-0.3, -0.25) is 4.79 Å². The van der Waals surface area contributed by atoms with E-state index in [0.29, 0.717) is 30.8 Å². The van der Waals surface area contributed by atoms with E-state index >= 15 is 0 Å². The minimum absolute atomic E-state index is 0.150. The van der Waals surface area contributed by atoms with Gasteiger partial charge in [-0.2, -0.15) is 0 Å². The first-order valence-electron chi connectivity index (χ1n) is 7.58. The molecular formula is C17H19IN2O4S. The van der Waals surface area contributed by atoms with Crippen molar-refractivity contribution in [2.75, 3.05) is 25.6 Å². The second-order valence-corrected chi connectivity index (χ2v) is 8.13. The number of halogens is 1. The standard InChI is InChI=1S/C17H19IN2O4S/c1-24-12-4-11-19-25(22,23)14-9-7-13(8-10-14)20-17(21)15-5-2-3-6-16(15)18/h2-3,5-10,19H,4,11-12H2,1H3,(H,20,21). The number of carbonyl (C=O) groups is 1. The zero-order valence-electron chi connectivity index (χ0n) is 13.7.